The molecule has 0 amide bonds. The van der Waals surface area contributed by atoms with Crippen LogP contribution in [0.25, 0.3) is 0 Å². The smallest absolute Gasteiger partial charge is 0.331 e. The average molecular weight is 579 g/mol. The third-order valence-electron chi connectivity index (χ3n) is 6.69. The van der Waals surface area contributed by atoms with Crippen LogP contribution in [0.1, 0.15) is 45.4 Å². The second-order valence-corrected chi connectivity index (χ2v) is 10.1. The summed E-state index contributed by atoms with van der Waals surface area (Å²) < 4.78 is 22.3. The van der Waals surface area contributed by atoms with Crippen LogP contribution in [-0.2, 0) is 23.7 Å². The lowest BCUT2D eigenvalue weighted by atomic mass is 9.99. The van der Waals surface area contributed by atoms with Crippen molar-refractivity contribution in [2.45, 2.75) is 101 Å². The van der Waals surface area contributed by atoms with Gasteiger partial charge in [-0.3, -0.25) is 0 Å². The summed E-state index contributed by atoms with van der Waals surface area (Å²) in [5.41, 5.74) is 0. The highest BCUT2D eigenvalue weighted by Gasteiger charge is 2.44. The van der Waals surface area contributed by atoms with Gasteiger partial charge in [0.1, 0.15) is 24.4 Å². The van der Waals surface area contributed by atoms with Gasteiger partial charge in [-0.2, -0.15) is 0 Å². The first-order chi connectivity index (χ1) is 19.7. The van der Waals surface area contributed by atoms with Crippen molar-refractivity contribution < 1.29 is 49.3 Å². The van der Waals surface area contributed by atoms with Crippen molar-refractivity contribution in [2.75, 3.05) is 13.7 Å². The molecule has 0 aromatic carbocycles. The maximum Gasteiger partial charge on any atom is 0.331 e. The molecular weight excluding hydrogens is 532 g/mol. The molecule has 2 aliphatic rings. The summed E-state index contributed by atoms with van der Waals surface area (Å²) in [5, 5.41) is 50.2. The van der Waals surface area contributed by atoms with Crippen molar-refractivity contribution in [3.8, 4) is 0 Å². The van der Waals surface area contributed by atoms with Crippen LogP contribution >= 0.6 is 0 Å². The second kappa shape index (κ2) is 19.7. The summed E-state index contributed by atoms with van der Waals surface area (Å²) >= 11 is 0. The van der Waals surface area contributed by atoms with Crippen molar-refractivity contribution in [1.82, 2.24) is 0 Å². The quantitative estimate of drug-likeness (QED) is 0.314. The zero-order valence-electron chi connectivity index (χ0n) is 23.9. The van der Waals surface area contributed by atoms with E-state index in [0.29, 0.717) is 25.7 Å². The Labute approximate surface area is 242 Å². The molecule has 0 aromatic rings. The fourth-order valence-corrected chi connectivity index (χ4v) is 4.25. The van der Waals surface area contributed by atoms with Crippen LogP contribution in [0.5, 0.6) is 0 Å². The number of esters is 1. The highest BCUT2D eigenvalue weighted by atomic mass is 16.7. The van der Waals surface area contributed by atoms with Crippen LogP contribution in [0.2, 0.25) is 0 Å². The molecule has 0 aromatic heterocycles. The SMILES string of the molecule is COC1/C=C/C=C/CC(O)C/C=C\C=C\[C@@H](O[C@@H]2O[C@H](CO)[C@@H](O)[C@H](O)[C@H]2O)C/C=C/C=C\C(=O)O[C@@H](C)CCC1. The number of hydrogen-bond donors (Lipinski definition) is 5. The lowest BCUT2D eigenvalue weighted by Crippen LogP contribution is -2.59. The number of hydrogen-bond acceptors (Lipinski definition) is 10. The molecule has 2 rings (SSSR count). The van der Waals surface area contributed by atoms with Crippen LogP contribution in [0, 0.1) is 0 Å². The van der Waals surface area contributed by atoms with Crippen molar-refractivity contribution in [3.05, 3.63) is 72.9 Å². The van der Waals surface area contributed by atoms with E-state index in [1.165, 1.54) is 6.08 Å². The van der Waals surface area contributed by atoms with Gasteiger partial charge in [0.2, 0.25) is 0 Å². The summed E-state index contributed by atoms with van der Waals surface area (Å²) in [6.45, 7) is 1.29. The molecule has 10 heteroatoms. The first-order valence-electron chi connectivity index (χ1n) is 14.1. The highest BCUT2D eigenvalue weighted by molar-refractivity contribution is 5.82. The Morgan fingerprint density at radius 3 is 2.12 bits per heavy atom. The van der Waals surface area contributed by atoms with E-state index in [0.717, 1.165) is 12.8 Å². The molecule has 5 N–H and O–H groups in total. The van der Waals surface area contributed by atoms with E-state index in [1.54, 1.807) is 43.6 Å². The lowest BCUT2D eigenvalue weighted by molar-refractivity contribution is -0.307. The Kier molecular flexibility index (Phi) is 16.7. The molecule has 10 nitrogen and oxygen atoms in total. The van der Waals surface area contributed by atoms with Crippen molar-refractivity contribution >= 4 is 5.97 Å². The molecule has 0 aliphatic carbocycles. The van der Waals surface area contributed by atoms with Gasteiger partial charge < -0.3 is 44.5 Å². The van der Waals surface area contributed by atoms with Gasteiger partial charge in [0.05, 0.1) is 31.0 Å². The fraction of sp³-hybridized carbons (Fsp3) is 0.581. The molecule has 1 fully saturated rings. The Morgan fingerprint density at radius 2 is 1.46 bits per heavy atom. The topological polar surface area (TPSA) is 155 Å². The number of aliphatic hydroxyl groups excluding tert-OH is 5. The van der Waals surface area contributed by atoms with E-state index < -0.39 is 55.5 Å². The molecule has 9 atom stereocenters. The summed E-state index contributed by atoms with van der Waals surface area (Å²) in [5.74, 6) is -0.453. The first kappa shape index (κ1) is 34.8. The van der Waals surface area contributed by atoms with Crippen molar-refractivity contribution in [2.24, 2.45) is 0 Å². The maximum absolute atomic E-state index is 12.2. The van der Waals surface area contributed by atoms with Crippen LogP contribution in [0.3, 0.4) is 0 Å². The summed E-state index contributed by atoms with van der Waals surface area (Å²) in [6.07, 6.45) is 16.1. The predicted molar refractivity (Wildman–Crippen MR) is 154 cm³/mol. The Balaban J connectivity index is 2.12. The summed E-state index contributed by atoms with van der Waals surface area (Å²) in [7, 11) is 1.66. The number of ether oxygens (including phenoxy) is 4. The minimum absolute atomic E-state index is 0.0497. The first-order valence-corrected chi connectivity index (χ1v) is 14.1. The molecule has 0 radical (unpaired) electrons. The average Bonchev–Trinajstić information content (AvgIpc) is 2.95. The lowest BCUT2D eigenvalue weighted by Gasteiger charge is -2.40. The molecule has 0 bridgehead atoms. The largest absolute Gasteiger partial charge is 0.460 e. The number of allylic oxidation sites excluding steroid dienone is 6. The minimum Gasteiger partial charge on any atom is -0.460 e. The van der Waals surface area contributed by atoms with E-state index in [4.69, 9.17) is 18.9 Å². The molecule has 2 aliphatic heterocycles. The Bertz CT molecular complexity index is 922. The monoisotopic (exact) mass is 578 g/mol. The number of methoxy groups -OCH3 is 1. The van der Waals surface area contributed by atoms with Gasteiger partial charge in [0.25, 0.3) is 0 Å². The third kappa shape index (κ3) is 13.4. The van der Waals surface area contributed by atoms with E-state index in [2.05, 4.69) is 0 Å². The molecule has 230 valence electrons. The van der Waals surface area contributed by atoms with E-state index in [1.807, 2.05) is 37.3 Å². The molecule has 0 saturated carbocycles. The fourth-order valence-electron chi connectivity index (χ4n) is 4.25. The Morgan fingerprint density at radius 1 is 0.829 bits per heavy atom. The van der Waals surface area contributed by atoms with Crippen molar-refractivity contribution in [3.63, 3.8) is 0 Å². The van der Waals surface area contributed by atoms with Gasteiger partial charge in [-0.25, -0.2) is 4.79 Å². The molecule has 2 heterocycles. The number of cyclic esters (lactones) is 1. The zero-order valence-corrected chi connectivity index (χ0v) is 23.9. The predicted octanol–water partition coefficient (Wildman–Crippen LogP) is 2.17. The second-order valence-electron chi connectivity index (χ2n) is 10.1. The van der Waals surface area contributed by atoms with E-state index in [-0.39, 0.29) is 12.2 Å². The van der Waals surface area contributed by atoms with E-state index >= 15 is 0 Å². The Hall–Kier alpha value is -2.41. The van der Waals surface area contributed by atoms with Gasteiger partial charge in [-0.1, -0.05) is 66.8 Å². The van der Waals surface area contributed by atoms with E-state index in [9.17, 15) is 30.3 Å². The van der Waals surface area contributed by atoms with Crippen LogP contribution in [0.4, 0.5) is 0 Å². The molecular formula is C31H46O10. The van der Waals surface area contributed by atoms with Crippen LogP contribution in [-0.4, -0.2) is 100 Å². The normalized spacial score (nSPS) is 39.9. The van der Waals surface area contributed by atoms with Crippen LogP contribution < -0.4 is 0 Å². The van der Waals surface area contributed by atoms with Gasteiger partial charge in [0, 0.05) is 13.2 Å². The summed E-state index contributed by atoms with van der Waals surface area (Å²) in [4.78, 5) is 12.2. The molecule has 0 spiro atoms. The zero-order chi connectivity index (χ0) is 30.0. The van der Waals surface area contributed by atoms with Gasteiger partial charge >= 0.3 is 5.97 Å². The van der Waals surface area contributed by atoms with Gasteiger partial charge in [-0.15, -0.1) is 0 Å². The highest BCUT2D eigenvalue weighted by Crippen LogP contribution is 2.24. The van der Waals surface area contributed by atoms with Crippen molar-refractivity contribution in [1.29, 1.82) is 0 Å². The van der Waals surface area contributed by atoms with Gasteiger partial charge in [0.15, 0.2) is 6.29 Å². The van der Waals surface area contributed by atoms with Gasteiger partial charge in [-0.05, 0) is 45.4 Å². The minimum atomic E-state index is -1.55. The molecule has 41 heavy (non-hydrogen) atoms. The molecule has 2 unspecified atom stereocenters. The molecule has 1 saturated heterocycles. The maximum atomic E-state index is 12.2. The number of carbonyl (C=O) groups excluding carboxylic acids is 1. The van der Waals surface area contributed by atoms with Crippen LogP contribution in [0.15, 0.2) is 72.9 Å². The summed E-state index contributed by atoms with van der Waals surface area (Å²) in [6, 6.07) is 0. The number of rotatable bonds is 4. The standard InChI is InChI=1S/C31H46O10/c1-22-13-12-19-24(38-2)16-8-3-6-14-23(33)15-7-4-9-17-25(18-10-5-11-20-27(34)39-22)40-31-30(37)29(36)28(35)26(21-32)41-31/h3-11,16-17,20,22-26,28-33,35-37H,12-15,18-19,21H2,1-2H3/b6-3+,7-4-,10-5+,16-8+,17-9+,20-11-/t22-,23?,24?,25+,26+,28+,29-,30+,31+/m0/s1. The number of aliphatic hydroxyl groups is 5. The number of carbonyl (C=O) groups is 1. The third-order valence-corrected chi connectivity index (χ3v) is 6.69.